The molecule has 1 aromatic carbocycles. The molecule has 0 radical (unpaired) electrons. The molecule has 2 N–H and O–H groups in total. The van der Waals surface area contributed by atoms with E-state index in [9.17, 15) is 18.8 Å². The second kappa shape index (κ2) is 9.29. The molecule has 2 aliphatic heterocycles. The maximum absolute atomic E-state index is 14.9. The van der Waals surface area contributed by atoms with Crippen LogP contribution >= 0.6 is 0 Å². The van der Waals surface area contributed by atoms with Crippen molar-refractivity contribution >= 4 is 34.4 Å². The summed E-state index contributed by atoms with van der Waals surface area (Å²) < 4.78 is 26.6. The van der Waals surface area contributed by atoms with Crippen molar-refractivity contribution in [3.63, 3.8) is 0 Å². The minimum Gasteiger partial charge on any atom is -0.482 e. The normalized spacial score (nSPS) is 18.2. The van der Waals surface area contributed by atoms with Crippen molar-refractivity contribution in [1.82, 2.24) is 19.9 Å². The van der Waals surface area contributed by atoms with Crippen LogP contribution in [0.2, 0.25) is 0 Å². The molecule has 2 unspecified atom stereocenters. The quantitative estimate of drug-likeness (QED) is 0.508. The summed E-state index contributed by atoms with van der Waals surface area (Å²) in [7, 11) is 1.45. The Kier molecular flexibility index (Phi) is 6.03. The highest BCUT2D eigenvalue weighted by molar-refractivity contribution is 5.99. The number of fused-ring (bicyclic) bond motifs is 2. The number of rotatable bonds is 7. The van der Waals surface area contributed by atoms with Crippen molar-refractivity contribution in [2.24, 2.45) is 0 Å². The molecule has 0 aliphatic carbocycles. The number of nitrogens with zero attached hydrogens (tertiary/aromatic N) is 4. The predicted octanol–water partition coefficient (Wildman–Crippen LogP) is 0.864. The number of halogens is 1. The molecule has 12 heteroatoms. The molecule has 2 aliphatic rings. The number of amides is 2. The van der Waals surface area contributed by atoms with Crippen LogP contribution in [0.5, 0.6) is 11.6 Å². The number of methoxy groups -OCH3 is 1. The Hall–Kier alpha value is -4.06. The zero-order valence-corrected chi connectivity index (χ0v) is 18.9. The van der Waals surface area contributed by atoms with Crippen LogP contribution in [0.1, 0.15) is 6.42 Å². The smallest absolute Gasteiger partial charge is 0.270 e. The van der Waals surface area contributed by atoms with Gasteiger partial charge in [0.15, 0.2) is 12.3 Å². The summed E-state index contributed by atoms with van der Waals surface area (Å²) in [5, 5.41) is 5.81. The van der Waals surface area contributed by atoms with E-state index in [0.717, 1.165) is 6.20 Å². The zero-order valence-electron chi connectivity index (χ0n) is 18.9. The highest BCUT2D eigenvalue weighted by Gasteiger charge is 2.31. The van der Waals surface area contributed by atoms with Gasteiger partial charge in [0, 0.05) is 37.3 Å². The zero-order chi connectivity index (χ0) is 24.5. The first-order valence-electron chi connectivity index (χ1n) is 11.1. The second-order valence-electron chi connectivity index (χ2n) is 8.33. The Morgan fingerprint density at radius 3 is 2.97 bits per heavy atom. The Morgan fingerprint density at radius 1 is 1.29 bits per heavy atom. The average molecular weight is 482 g/mol. The fraction of sp³-hybridized carbons (Fsp3) is 0.348. The van der Waals surface area contributed by atoms with Crippen molar-refractivity contribution in [2.45, 2.75) is 25.2 Å². The van der Waals surface area contributed by atoms with E-state index >= 15 is 0 Å². The molecule has 182 valence electrons. The maximum atomic E-state index is 14.9. The third kappa shape index (κ3) is 4.64. The van der Waals surface area contributed by atoms with E-state index in [1.165, 1.54) is 11.7 Å². The van der Waals surface area contributed by atoms with Gasteiger partial charge in [0.25, 0.3) is 11.5 Å². The van der Waals surface area contributed by atoms with E-state index in [1.54, 1.807) is 35.2 Å². The molecule has 11 nitrogen and oxygen atoms in total. The van der Waals surface area contributed by atoms with Crippen LogP contribution in [-0.2, 0) is 16.1 Å². The van der Waals surface area contributed by atoms with Crippen LogP contribution in [0.25, 0.3) is 11.2 Å². The number of hydrogen-bond donors (Lipinski definition) is 2. The largest absolute Gasteiger partial charge is 0.482 e. The predicted molar refractivity (Wildman–Crippen MR) is 125 cm³/mol. The summed E-state index contributed by atoms with van der Waals surface area (Å²) in [4.78, 5) is 46.4. The highest BCUT2D eigenvalue weighted by atomic mass is 19.1. The SMILES string of the molecule is COc1ccc2ncc(=O)n(CC(F)CNC3CC(=O)N(c4ccc5c(c4)NC(=O)CO5)C3)c2n1. The Morgan fingerprint density at radius 2 is 2.14 bits per heavy atom. The number of pyridine rings is 1. The number of nitrogens with one attached hydrogen (secondary N) is 2. The topological polar surface area (TPSA) is 128 Å². The molecule has 4 heterocycles. The first-order chi connectivity index (χ1) is 16.9. The minimum atomic E-state index is -1.41. The van der Waals surface area contributed by atoms with Gasteiger partial charge in [-0.05, 0) is 24.3 Å². The number of ether oxygens (including phenoxy) is 2. The summed E-state index contributed by atoms with van der Waals surface area (Å²) >= 11 is 0. The molecule has 2 atom stereocenters. The van der Waals surface area contributed by atoms with E-state index in [-0.39, 0.29) is 49.6 Å². The van der Waals surface area contributed by atoms with Crippen LogP contribution in [0.3, 0.4) is 0 Å². The maximum Gasteiger partial charge on any atom is 0.270 e. The molecule has 0 bridgehead atoms. The molecule has 5 rings (SSSR count). The number of carbonyl (C=O) groups is 2. The van der Waals surface area contributed by atoms with Crippen LogP contribution < -0.4 is 30.6 Å². The van der Waals surface area contributed by atoms with Crippen LogP contribution in [-0.4, -0.2) is 65.4 Å². The van der Waals surface area contributed by atoms with Gasteiger partial charge in [0.1, 0.15) is 17.4 Å². The van der Waals surface area contributed by atoms with Gasteiger partial charge in [0.2, 0.25) is 11.8 Å². The number of aromatic nitrogens is 3. The molecule has 1 saturated heterocycles. The standard InChI is InChI=1S/C23H23FN6O5/c1-34-20-5-3-16-23(28-20)30(22(33)9-26-16)10-13(24)8-25-14-6-21(32)29(11-14)15-2-4-18-17(7-15)27-19(31)12-35-18/h2-5,7,9,13-14,25H,6,8,10-12H2,1H3,(H,27,31). The van der Waals surface area contributed by atoms with Gasteiger partial charge >= 0.3 is 0 Å². The molecule has 0 saturated carbocycles. The van der Waals surface area contributed by atoms with Gasteiger partial charge in [-0.3, -0.25) is 19.0 Å². The van der Waals surface area contributed by atoms with Crippen molar-refractivity contribution in [3.8, 4) is 11.6 Å². The lowest BCUT2D eigenvalue weighted by Crippen LogP contribution is -2.38. The molecule has 2 aromatic heterocycles. The van der Waals surface area contributed by atoms with E-state index in [4.69, 9.17) is 9.47 Å². The van der Waals surface area contributed by atoms with E-state index in [2.05, 4.69) is 20.6 Å². The van der Waals surface area contributed by atoms with Crippen molar-refractivity contribution in [1.29, 1.82) is 0 Å². The molecule has 3 aromatic rings. The van der Waals surface area contributed by atoms with Gasteiger partial charge < -0.3 is 25.0 Å². The van der Waals surface area contributed by atoms with Crippen LogP contribution in [0, 0.1) is 0 Å². The Labute approximate surface area is 198 Å². The van der Waals surface area contributed by atoms with Crippen molar-refractivity contribution < 1.29 is 23.5 Å². The van der Waals surface area contributed by atoms with Gasteiger partial charge in [-0.1, -0.05) is 0 Å². The van der Waals surface area contributed by atoms with E-state index in [0.29, 0.717) is 35.1 Å². The van der Waals surface area contributed by atoms with Gasteiger partial charge in [-0.25, -0.2) is 9.37 Å². The summed E-state index contributed by atoms with van der Waals surface area (Å²) in [6.07, 6.45) is -0.0775. The Balaban J connectivity index is 1.23. The summed E-state index contributed by atoms with van der Waals surface area (Å²) in [5.74, 6) is 0.463. The molecule has 35 heavy (non-hydrogen) atoms. The number of benzene rings is 1. The fourth-order valence-electron chi connectivity index (χ4n) is 4.20. The van der Waals surface area contributed by atoms with Gasteiger partial charge in [0.05, 0.1) is 25.5 Å². The van der Waals surface area contributed by atoms with E-state index < -0.39 is 11.7 Å². The third-order valence-corrected chi connectivity index (χ3v) is 5.92. The number of hydrogen-bond acceptors (Lipinski definition) is 8. The lowest BCUT2D eigenvalue weighted by Gasteiger charge is -2.22. The third-order valence-electron chi connectivity index (χ3n) is 5.92. The monoisotopic (exact) mass is 482 g/mol. The second-order valence-corrected chi connectivity index (χ2v) is 8.33. The first-order valence-corrected chi connectivity index (χ1v) is 11.1. The van der Waals surface area contributed by atoms with Crippen molar-refractivity contribution in [2.75, 3.05) is 37.0 Å². The molecular weight excluding hydrogens is 459 g/mol. The number of anilines is 2. The first kappa shape index (κ1) is 22.7. The lowest BCUT2D eigenvalue weighted by molar-refractivity contribution is -0.118. The van der Waals surface area contributed by atoms with Gasteiger partial charge in [-0.15, -0.1) is 0 Å². The lowest BCUT2D eigenvalue weighted by atomic mass is 10.2. The molecule has 1 fully saturated rings. The highest BCUT2D eigenvalue weighted by Crippen LogP contribution is 2.33. The average Bonchev–Trinajstić information content (AvgIpc) is 3.24. The number of carbonyl (C=O) groups excluding carboxylic acids is 2. The summed E-state index contributed by atoms with van der Waals surface area (Å²) in [5.41, 5.74) is 1.36. The fourth-order valence-corrected chi connectivity index (χ4v) is 4.20. The van der Waals surface area contributed by atoms with Gasteiger partial charge in [-0.2, -0.15) is 4.98 Å². The molecule has 2 amide bonds. The van der Waals surface area contributed by atoms with Crippen molar-refractivity contribution in [3.05, 3.63) is 46.9 Å². The minimum absolute atomic E-state index is 0.0452. The molecular formula is C23H23FN6O5. The van der Waals surface area contributed by atoms with Crippen LogP contribution in [0.4, 0.5) is 15.8 Å². The molecule has 0 spiro atoms. The summed E-state index contributed by atoms with van der Waals surface area (Å²) in [6, 6.07) is 8.13. The number of alkyl halides is 1. The Bertz CT molecular complexity index is 1360. The van der Waals surface area contributed by atoms with Crippen LogP contribution in [0.15, 0.2) is 41.3 Å². The van der Waals surface area contributed by atoms with E-state index in [1.807, 2.05) is 0 Å². The summed E-state index contributed by atoms with van der Waals surface area (Å²) in [6.45, 7) is 0.0203.